The van der Waals surface area contributed by atoms with Gasteiger partial charge in [-0.1, -0.05) is 29.3 Å². The zero-order valence-electron chi connectivity index (χ0n) is 15.7. The molecule has 1 aliphatic carbocycles. The number of nitrogens with one attached hydrogen (secondary N) is 2. The van der Waals surface area contributed by atoms with Gasteiger partial charge in [0.05, 0.1) is 16.8 Å². The number of imidazole rings is 1. The van der Waals surface area contributed by atoms with Crippen molar-refractivity contribution in [2.75, 3.05) is 5.32 Å². The minimum atomic E-state index is -4.10. The molecule has 1 aliphatic rings. The van der Waals surface area contributed by atoms with Crippen LogP contribution in [0.25, 0.3) is 0 Å². The first-order valence-corrected chi connectivity index (χ1v) is 11.1. The Labute approximate surface area is 178 Å². The highest BCUT2D eigenvalue weighted by Crippen LogP contribution is 2.41. The van der Waals surface area contributed by atoms with Crippen LogP contribution in [0.3, 0.4) is 0 Å². The van der Waals surface area contributed by atoms with Crippen LogP contribution in [0.2, 0.25) is 5.02 Å². The molecule has 2 aromatic rings. The number of aromatic hydroxyl groups is 1. The number of carbonyl (C=O) groups is 1. The van der Waals surface area contributed by atoms with E-state index in [-0.39, 0.29) is 16.8 Å². The Balaban J connectivity index is 1.90. The van der Waals surface area contributed by atoms with Gasteiger partial charge in [0.25, 0.3) is 0 Å². The van der Waals surface area contributed by atoms with Gasteiger partial charge in [0.15, 0.2) is 15.6 Å². The largest absolute Gasteiger partial charge is 0.504 e. The van der Waals surface area contributed by atoms with Crippen LogP contribution in [0, 0.1) is 0 Å². The third-order valence-corrected chi connectivity index (χ3v) is 7.71. The van der Waals surface area contributed by atoms with E-state index in [1.54, 1.807) is 17.8 Å². The summed E-state index contributed by atoms with van der Waals surface area (Å²) in [6.07, 6.45) is 6.33. The molecule has 0 bridgehead atoms. The van der Waals surface area contributed by atoms with Crippen molar-refractivity contribution in [3.63, 3.8) is 0 Å². The second kappa shape index (κ2) is 8.25. The topological polar surface area (TPSA) is 113 Å². The zero-order chi connectivity index (χ0) is 21.3. The van der Waals surface area contributed by atoms with Crippen LogP contribution in [0.5, 0.6) is 5.75 Å². The number of phenolic OH excluding ortho intramolecular Hbond substituents is 1. The van der Waals surface area contributed by atoms with E-state index in [1.165, 1.54) is 25.3 Å². The number of aromatic nitrogens is 2. The molecule has 1 aromatic heterocycles. The number of hydrogen-bond donors (Lipinski definition) is 3. The highest BCUT2D eigenvalue weighted by molar-refractivity contribution is 7.91. The maximum atomic E-state index is 13.1. The minimum absolute atomic E-state index is 0.0874. The van der Waals surface area contributed by atoms with E-state index in [0.717, 1.165) is 6.42 Å². The molecule has 0 fully saturated rings. The van der Waals surface area contributed by atoms with Crippen LogP contribution < -0.4 is 10.6 Å². The molecule has 29 heavy (non-hydrogen) atoms. The monoisotopic (exact) mass is 458 g/mol. The Bertz CT molecular complexity index is 1080. The highest BCUT2D eigenvalue weighted by Gasteiger charge is 2.33. The van der Waals surface area contributed by atoms with E-state index in [0.29, 0.717) is 17.3 Å². The number of phenols is 1. The normalized spacial score (nSPS) is 17.7. The summed E-state index contributed by atoms with van der Waals surface area (Å²) in [6, 6.07) is 1.69. The van der Waals surface area contributed by atoms with E-state index < -0.39 is 31.8 Å². The number of sulfone groups is 1. The Kier molecular flexibility index (Phi) is 6.11. The lowest BCUT2D eigenvalue weighted by Gasteiger charge is -2.18. The number of rotatable bonds is 5. The molecule has 3 rings (SSSR count). The standard InChI is InChI=1S/C18H20Cl2N4O4S/c1-10(17-21-8-9-24(17)2)29(27,28)16-12(20)6-7-14(15(16)25)23-18(26)22-13-5-3-4-11(13)19/h4,6-10,13,25H,3,5H2,1-2H3,(H2,22,23,26). The van der Waals surface area contributed by atoms with Crippen LogP contribution in [0.1, 0.15) is 30.8 Å². The number of allylic oxidation sites excluding steroid dienone is 1. The third kappa shape index (κ3) is 4.22. The summed E-state index contributed by atoms with van der Waals surface area (Å²) in [5, 5.41) is 15.0. The summed E-state index contributed by atoms with van der Waals surface area (Å²) in [5.41, 5.74) is -0.0874. The quantitative estimate of drug-likeness (QED) is 0.590. The van der Waals surface area contributed by atoms with E-state index in [4.69, 9.17) is 23.2 Å². The van der Waals surface area contributed by atoms with Gasteiger partial charge in [-0.05, 0) is 31.9 Å². The van der Waals surface area contributed by atoms with Crippen molar-refractivity contribution in [1.82, 2.24) is 14.9 Å². The average Bonchev–Trinajstić information content (AvgIpc) is 3.25. The molecule has 1 aromatic carbocycles. The van der Waals surface area contributed by atoms with Gasteiger partial charge in [-0.25, -0.2) is 18.2 Å². The van der Waals surface area contributed by atoms with Crippen molar-refractivity contribution in [3.05, 3.63) is 46.5 Å². The summed E-state index contributed by atoms with van der Waals surface area (Å²) < 4.78 is 27.8. The SMILES string of the molecule is CC(c1nccn1C)S(=O)(=O)c1c(Cl)ccc(NC(=O)NC2CCC=C2Cl)c1O. The van der Waals surface area contributed by atoms with Gasteiger partial charge in [-0.2, -0.15) is 0 Å². The number of amides is 2. The van der Waals surface area contributed by atoms with Crippen molar-refractivity contribution < 1.29 is 18.3 Å². The second-order valence-corrected chi connectivity index (χ2v) is 9.72. The lowest BCUT2D eigenvalue weighted by atomic mass is 10.2. The molecule has 2 atom stereocenters. The van der Waals surface area contributed by atoms with Crippen molar-refractivity contribution in [3.8, 4) is 5.75 Å². The first-order valence-electron chi connectivity index (χ1n) is 8.78. The molecule has 0 saturated heterocycles. The van der Waals surface area contributed by atoms with Crippen LogP contribution in [-0.4, -0.2) is 35.1 Å². The van der Waals surface area contributed by atoms with Gasteiger partial charge in [0.2, 0.25) is 0 Å². The average molecular weight is 459 g/mol. The molecule has 2 unspecified atom stereocenters. The van der Waals surface area contributed by atoms with E-state index in [2.05, 4.69) is 15.6 Å². The molecule has 2 amide bonds. The Hall–Kier alpha value is -2.23. The number of hydrogen-bond acceptors (Lipinski definition) is 5. The fraction of sp³-hybridized carbons (Fsp3) is 0.333. The number of benzene rings is 1. The highest BCUT2D eigenvalue weighted by atomic mass is 35.5. The first-order chi connectivity index (χ1) is 13.6. The maximum absolute atomic E-state index is 13.1. The molecule has 0 saturated carbocycles. The molecule has 0 spiro atoms. The summed E-state index contributed by atoms with van der Waals surface area (Å²) in [5.74, 6) is -0.346. The molecule has 3 N–H and O–H groups in total. The van der Waals surface area contributed by atoms with Gasteiger partial charge in [-0.3, -0.25) is 0 Å². The molecule has 0 aliphatic heterocycles. The lowest BCUT2D eigenvalue weighted by molar-refractivity contribution is 0.250. The fourth-order valence-electron chi connectivity index (χ4n) is 3.13. The second-order valence-electron chi connectivity index (χ2n) is 6.67. The van der Waals surface area contributed by atoms with Gasteiger partial charge in [0, 0.05) is 24.5 Å². The molecule has 0 radical (unpaired) electrons. The Morgan fingerprint density at radius 1 is 1.38 bits per heavy atom. The van der Waals surface area contributed by atoms with Crippen LogP contribution >= 0.6 is 23.2 Å². The Morgan fingerprint density at radius 2 is 2.10 bits per heavy atom. The van der Waals surface area contributed by atoms with E-state index >= 15 is 0 Å². The van der Waals surface area contributed by atoms with Crippen molar-refractivity contribution in [2.45, 2.75) is 36.0 Å². The number of anilines is 1. The summed E-state index contributed by atoms with van der Waals surface area (Å²) in [6.45, 7) is 1.45. The van der Waals surface area contributed by atoms with E-state index in [1.807, 2.05) is 6.08 Å². The molecular formula is C18H20Cl2N4O4S. The fourth-order valence-corrected chi connectivity index (χ4v) is 5.45. The number of halogens is 2. The third-order valence-electron chi connectivity index (χ3n) is 4.74. The predicted octanol–water partition coefficient (Wildman–Crippen LogP) is 3.72. The lowest BCUT2D eigenvalue weighted by Crippen LogP contribution is -2.37. The van der Waals surface area contributed by atoms with Gasteiger partial charge in [-0.15, -0.1) is 0 Å². The van der Waals surface area contributed by atoms with E-state index in [9.17, 15) is 18.3 Å². The number of carbonyl (C=O) groups excluding carboxylic acids is 1. The number of urea groups is 1. The maximum Gasteiger partial charge on any atom is 0.319 e. The summed E-state index contributed by atoms with van der Waals surface area (Å²) >= 11 is 12.1. The van der Waals surface area contributed by atoms with Crippen LogP contribution in [0.4, 0.5) is 10.5 Å². The Morgan fingerprint density at radius 3 is 2.69 bits per heavy atom. The molecular weight excluding hydrogens is 439 g/mol. The van der Waals surface area contributed by atoms with Crippen molar-refractivity contribution in [1.29, 1.82) is 0 Å². The molecule has 11 heteroatoms. The number of nitrogens with zero attached hydrogens (tertiary/aromatic N) is 2. The number of aryl methyl sites for hydroxylation is 1. The first kappa shape index (κ1) is 21.5. The summed E-state index contributed by atoms with van der Waals surface area (Å²) in [4.78, 5) is 15.9. The van der Waals surface area contributed by atoms with Crippen molar-refractivity contribution >= 4 is 44.8 Å². The van der Waals surface area contributed by atoms with Crippen LogP contribution in [0.15, 0.2) is 40.5 Å². The van der Waals surface area contributed by atoms with Crippen LogP contribution in [-0.2, 0) is 16.9 Å². The van der Waals surface area contributed by atoms with Crippen molar-refractivity contribution in [2.24, 2.45) is 7.05 Å². The van der Waals surface area contributed by atoms with Gasteiger partial charge in [0.1, 0.15) is 16.0 Å². The molecule has 8 nitrogen and oxygen atoms in total. The predicted molar refractivity (Wildman–Crippen MR) is 111 cm³/mol. The van der Waals surface area contributed by atoms with Gasteiger partial charge < -0.3 is 20.3 Å². The zero-order valence-corrected chi connectivity index (χ0v) is 18.0. The minimum Gasteiger partial charge on any atom is -0.504 e. The molecule has 156 valence electrons. The molecule has 1 heterocycles. The summed E-state index contributed by atoms with van der Waals surface area (Å²) in [7, 11) is -2.44. The smallest absolute Gasteiger partial charge is 0.319 e. The van der Waals surface area contributed by atoms with Gasteiger partial charge >= 0.3 is 6.03 Å².